The van der Waals surface area contributed by atoms with Crippen molar-refractivity contribution in [2.45, 2.75) is 12.2 Å². The minimum absolute atomic E-state index is 0.0159. The zero-order valence-electron chi connectivity index (χ0n) is 8.09. The highest BCUT2D eigenvalue weighted by atomic mass is 16.3. The molecule has 0 spiro atoms. The van der Waals surface area contributed by atoms with E-state index in [4.69, 9.17) is 5.73 Å². The van der Waals surface area contributed by atoms with E-state index in [-0.39, 0.29) is 6.54 Å². The maximum Gasteiger partial charge on any atom is 0.108 e. The summed E-state index contributed by atoms with van der Waals surface area (Å²) < 4.78 is 0. The van der Waals surface area contributed by atoms with Gasteiger partial charge < -0.3 is 20.9 Å². The van der Waals surface area contributed by atoms with Crippen LogP contribution in [0.2, 0.25) is 0 Å². The fraction of sp³-hybridized carbons (Fsp3) is 0.300. The first-order valence-corrected chi connectivity index (χ1v) is 4.72. The Hall–Kier alpha value is -1.43. The average Bonchev–Trinajstić information content (AvgIpc) is 2.74. The second-order valence-corrected chi connectivity index (χ2v) is 3.39. The number of hydrogen-bond donors (Lipinski definition) is 4. The predicted octanol–water partition coefficient (Wildman–Crippen LogP) is -0.0841. The molecule has 0 saturated carbocycles. The molecule has 2 aromatic rings. The number of aliphatic hydroxyl groups is 2. The van der Waals surface area contributed by atoms with Gasteiger partial charge in [-0.25, -0.2) is 4.98 Å². The van der Waals surface area contributed by atoms with Gasteiger partial charge in [-0.05, 0) is 6.07 Å². The number of aromatic amines is 1. The number of aromatic nitrogens is 2. The number of nitrogens with one attached hydrogen (secondary N) is 1. The van der Waals surface area contributed by atoms with Crippen LogP contribution in [0.15, 0.2) is 24.5 Å². The van der Waals surface area contributed by atoms with Gasteiger partial charge in [-0.3, -0.25) is 0 Å². The van der Waals surface area contributed by atoms with E-state index < -0.39 is 12.2 Å². The number of nitrogens with two attached hydrogens (primary N) is 1. The number of rotatable bonds is 3. The first-order valence-electron chi connectivity index (χ1n) is 4.72. The summed E-state index contributed by atoms with van der Waals surface area (Å²) >= 11 is 0. The molecule has 2 unspecified atom stereocenters. The zero-order valence-corrected chi connectivity index (χ0v) is 8.09. The molecule has 80 valence electrons. The van der Waals surface area contributed by atoms with E-state index in [2.05, 4.69) is 9.97 Å². The second-order valence-electron chi connectivity index (χ2n) is 3.39. The van der Waals surface area contributed by atoms with Crippen LogP contribution < -0.4 is 5.73 Å². The molecule has 2 atom stereocenters. The third-order valence-corrected chi connectivity index (χ3v) is 2.41. The Morgan fingerprint density at radius 2 is 2.20 bits per heavy atom. The normalized spacial score (nSPS) is 15.4. The number of fused-ring (bicyclic) bond motifs is 1. The molecule has 0 saturated heterocycles. The van der Waals surface area contributed by atoms with Gasteiger partial charge in [0.15, 0.2) is 0 Å². The van der Waals surface area contributed by atoms with Gasteiger partial charge in [0, 0.05) is 12.1 Å². The van der Waals surface area contributed by atoms with Crippen molar-refractivity contribution in [2.24, 2.45) is 5.73 Å². The van der Waals surface area contributed by atoms with Crippen LogP contribution in [-0.4, -0.2) is 32.8 Å². The van der Waals surface area contributed by atoms with E-state index in [9.17, 15) is 10.2 Å². The van der Waals surface area contributed by atoms with Crippen LogP contribution in [-0.2, 0) is 0 Å². The first kappa shape index (κ1) is 10.1. The summed E-state index contributed by atoms with van der Waals surface area (Å²) in [6.45, 7) is 0.0159. The van der Waals surface area contributed by atoms with Crippen molar-refractivity contribution in [3.8, 4) is 0 Å². The summed E-state index contributed by atoms with van der Waals surface area (Å²) in [5.41, 5.74) is 7.37. The lowest BCUT2D eigenvalue weighted by molar-refractivity contribution is 0.0251. The van der Waals surface area contributed by atoms with Crippen LogP contribution in [0, 0.1) is 0 Å². The highest BCUT2D eigenvalue weighted by molar-refractivity contribution is 5.78. The van der Waals surface area contributed by atoms with Gasteiger partial charge in [0.05, 0.1) is 23.5 Å². The van der Waals surface area contributed by atoms with Gasteiger partial charge in [-0.15, -0.1) is 0 Å². The van der Waals surface area contributed by atoms with Crippen molar-refractivity contribution in [1.82, 2.24) is 9.97 Å². The van der Waals surface area contributed by atoms with Crippen molar-refractivity contribution in [2.75, 3.05) is 6.54 Å². The van der Waals surface area contributed by atoms with E-state index in [1.807, 2.05) is 6.07 Å². The Bertz CT molecular complexity index is 455. The summed E-state index contributed by atoms with van der Waals surface area (Å²) in [7, 11) is 0. The van der Waals surface area contributed by atoms with Crippen molar-refractivity contribution in [1.29, 1.82) is 0 Å². The van der Waals surface area contributed by atoms with Crippen molar-refractivity contribution >= 4 is 11.0 Å². The Labute approximate surface area is 86.6 Å². The van der Waals surface area contributed by atoms with Gasteiger partial charge >= 0.3 is 0 Å². The lowest BCUT2D eigenvalue weighted by Crippen LogP contribution is -2.27. The van der Waals surface area contributed by atoms with E-state index in [1.54, 1.807) is 18.5 Å². The van der Waals surface area contributed by atoms with E-state index in [1.165, 1.54) is 0 Å². The molecular weight excluding hydrogens is 194 g/mol. The first-order chi connectivity index (χ1) is 7.24. The molecule has 2 rings (SSSR count). The van der Waals surface area contributed by atoms with Gasteiger partial charge in [0.2, 0.25) is 0 Å². The number of hydrogen-bond acceptors (Lipinski definition) is 4. The van der Waals surface area contributed by atoms with Crippen LogP contribution in [0.1, 0.15) is 11.7 Å². The number of H-pyrrole nitrogens is 1. The third kappa shape index (κ3) is 1.72. The largest absolute Gasteiger partial charge is 0.389 e. The van der Waals surface area contributed by atoms with E-state index in [0.29, 0.717) is 11.1 Å². The standard InChI is InChI=1S/C10H13N3O2/c11-4-8(14)10(15)6-2-1-3-7-9(6)13-5-12-7/h1-3,5,8,10,14-15H,4,11H2,(H,12,13). The summed E-state index contributed by atoms with van der Waals surface area (Å²) in [6, 6.07) is 5.38. The summed E-state index contributed by atoms with van der Waals surface area (Å²) in [5, 5.41) is 19.3. The highest BCUT2D eigenvalue weighted by Crippen LogP contribution is 2.23. The van der Waals surface area contributed by atoms with E-state index in [0.717, 1.165) is 5.52 Å². The number of benzene rings is 1. The molecule has 5 nitrogen and oxygen atoms in total. The minimum Gasteiger partial charge on any atom is -0.389 e. The lowest BCUT2D eigenvalue weighted by atomic mass is 10.0. The fourth-order valence-electron chi connectivity index (χ4n) is 1.56. The SMILES string of the molecule is NCC(O)C(O)c1cccc2[nH]cnc12. The number of aliphatic hydroxyl groups excluding tert-OH is 2. The molecule has 5 N–H and O–H groups in total. The Balaban J connectivity index is 2.46. The number of imidazole rings is 1. The molecule has 15 heavy (non-hydrogen) atoms. The molecule has 0 bridgehead atoms. The Morgan fingerprint density at radius 3 is 2.93 bits per heavy atom. The van der Waals surface area contributed by atoms with Gasteiger partial charge in [-0.1, -0.05) is 12.1 Å². The molecule has 0 fully saturated rings. The van der Waals surface area contributed by atoms with Gasteiger partial charge in [-0.2, -0.15) is 0 Å². The maximum absolute atomic E-state index is 9.82. The monoisotopic (exact) mass is 207 g/mol. The number of para-hydroxylation sites is 1. The minimum atomic E-state index is -0.998. The smallest absolute Gasteiger partial charge is 0.108 e. The fourth-order valence-corrected chi connectivity index (χ4v) is 1.56. The third-order valence-electron chi connectivity index (χ3n) is 2.41. The average molecular weight is 207 g/mol. The molecule has 1 aromatic heterocycles. The molecule has 0 aliphatic heterocycles. The van der Waals surface area contributed by atoms with Crippen LogP contribution in [0.3, 0.4) is 0 Å². The quantitative estimate of drug-likeness (QED) is 0.566. The molecule has 1 heterocycles. The molecule has 1 aromatic carbocycles. The number of nitrogens with zero attached hydrogens (tertiary/aromatic N) is 1. The van der Waals surface area contributed by atoms with Crippen LogP contribution in [0.5, 0.6) is 0 Å². The zero-order chi connectivity index (χ0) is 10.8. The molecule has 0 aliphatic rings. The van der Waals surface area contributed by atoms with E-state index >= 15 is 0 Å². The molecule has 0 radical (unpaired) electrons. The molecule has 0 aliphatic carbocycles. The predicted molar refractivity (Wildman–Crippen MR) is 56.1 cm³/mol. The van der Waals surface area contributed by atoms with Crippen LogP contribution in [0.4, 0.5) is 0 Å². The highest BCUT2D eigenvalue weighted by Gasteiger charge is 2.19. The summed E-state index contributed by atoms with van der Waals surface area (Å²) in [4.78, 5) is 7.03. The topological polar surface area (TPSA) is 95.2 Å². The molecule has 0 amide bonds. The second kappa shape index (κ2) is 3.98. The summed E-state index contributed by atoms with van der Waals surface area (Å²) in [5.74, 6) is 0. The maximum atomic E-state index is 9.82. The Kier molecular flexibility index (Phi) is 2.68. The Morgan fingerprint density at radius 1 is 1.40 bits per heavy atom. The molecular formula is C10H13N3O2. The van der Waals surface area contributed by atoms with Crippen molar-refractivity contribution in [3.63, 3.8) is 0 Å². The van der Waals surface area contributed by atoms with Crippen LogP contribution >= 0.6 is 0 Å². The van der Waals surface area contributed by atoms with Gasteiger partial charge in [0.25, 0.3) is 0 Å². The van der Waals surface area contributed by atoms with Crippen molar-refractivity contribution in [3.05, 3.63) is 30.1 Å². The van der Waals surface area contributed by atoms with Crippen LogP contribution in [0.25, 0.3) is 11.0 Å². The van der Waals surface area contributed by atoms with Gasteiger partial charge in [0.1, 0.15) is 6.10 Å². The van der Waals surface area contributed by atoms with Crippen molar-refractivity contribution < 1.29 is 10.2 Å². The molecule has 5 heteroatoms. The summed E-state index contributed by atoms with van der Waals surface area (Å²) in [6.07, 6.45) is -0.412. The lowest BCUT2D eigenvalue weighted by Gasteiger charge is -2.16.